The van der Waals surface area contributed by atoms with E-state index in [0.717, 1.165) is 0 Å². The van der Waals surface area contributed by atoms with Gasteiger partial charge in [0.1, 0.15) is 0 Å². The maximum atomic E-state index is 13.3. The van der Waals surface area contributed by atoms with Crippen LogP contribution in [0.5, 0.6) is 0 Å². The monoisotopic (exact) mass is 283 g/mol. The standard InChI is InChI=1S/C12H19F4N.C2H6/c1-17-10-7-12(15,16)5-3-9(10)8-2-4-11(13,14)6-8;1-2/h8-10,17H,2-7H2,1H3;1-2H3. The van der Waals surface area contributed by atoms with E-state index < -0.39 is 11.8 Å². The lowest BCUT2D eigenvalue weighted by Crippen LogP contribution is -2.46. The maximum Gasteiger partial charge on any atom is 0.249 e. The first-order valence-corrected chi connectivity index (χ1v) is 7.26. The lowest BCUT2D eigenvalue weighted by Gasteiger charge is -2.39. The fourth-order valence-electron chi connectivity index (χ4n) is 3.38. The quantitative estimate of drug-likeness (QED) is 0.737. The van der Waals surface area contributed by atoms with Gasteiger partial charge in [0, 0.05) is 31.7 Å². The van der Waals surface area contributed by atoms with Crippen molar-refractivity contribution in [3.8, 4) is 0 Å². The maximum absolute atomic E-state index is 13.3. The van der Waals surface area contributed by atoms with Crippen LogP contribution in [0.25, 0.3) is 0 Å². The molecule has 0 aromatic carbocycles. The molecule has 0 heterocycles. The van der Waals surface area contributed by atoms with Crippen LogP contribution < -0.4 is 5.32 Å². The van der Waals surface area contributed by atoms with E-state index in [1.54, 1.807) is 7.05 Å². The third kappa shape index (κ3) is 4.33. The summed E-state index contributed by atoms with van der Waals surface area (Å²) in [5.74, 6) is -5.33. The van der Waals surface area contributed by atoms with Crippen molar-refractivity contribution in [2.45, 2.75) is 70.3 Å². The molecular formula is C14H25F4N. The van der Waals surface area contributed by atoms with Gasteiger partial charge in [0.05, 0.1) is 0 Å². The fourth-order valence-corrected chi connectivity index (χ4v) is 3.38. The molecule has 2 saturated carbocycles. The summed E-state index contributed by atoms with van der Waals surface area (Å²) in [5, 5.41) is 2.89. The first-order valence-electron chi connectivity index (χ1n) is 7.26. The van der Waals surface area contributed by atoms with Crippen LogP contribution in [0.1, 0.15) is 52.4 Å². The molecule has 19 heavy (non-hydrogen) atoms. The molecule has 0 bridgehead atoms. The highest BCUT2D eigenvalue weighted by atomic mass is 19.3. The second kappa shape index (κ2) is 6.42. The van der Waals surface area contributed by atoms with E-state index in [1.165, 1.54) is 0 Å². The van der Waals surface area contributed by atoms with E-state index >= 15 is 0 Å². The Morgan fingerprint density at radius 3 is 1.89 bits per heavy atom. The Bertz CT molecular complexity index is 279. The van der Waals surface area contributed by atoms with Gasteiger partial charge in [-0.2, -0.15) is 0 Å². The lowest BCUT2D eigenvalue weighted by molar-refractivity contribution is -0.0679. The van der Waals surface area contributed by atoms with E-state index in [9.17, 15) is 17.6 Å². The van der Waals surface area contributed by atoms with Gasteiger partial charge in [-0.05, 0) is 31.7 Å². The Morgan fingerprint density at radius 1 is 0.895 bits per heavy atom. The summed E-state index contributed by atoms with van der Waals surface area (Å²) < 4.78 is 52.9. The molecule has 0 radical (unpaired) electrons. The van der Waals surface area contributed by atoms with E-state index in [1.807, 2.05) is 13.8 Å². The zero-order valence-corrected chi connectivity index (χ0v) is 12.0. The Labute approximate surface area is 113 Å². The van der Waals surface area contributed by atoms with Crippen LogP contribution in [-0.2, 0) is 0 Å². The Morgan fingerprint density at radius 2 is 1.42 bits per heavy atom. The van der Waals surface area contributed by atoms with E-state index in [4.69, 9.17) is 0 Å². The molecule has 1 nitrogen and oxygen atoms in total. The lowest BCUT2D eigenvalue weighted by atomic mass is 9.74. The van der Waals surface area contributed by atoms with Crippen molar-refractivity contribution in [1.82, 2.24) is 5.32 Å². The number of rotatable bonds is 2. The molecule has 0 aliphatic heterocycles. The normalized spacial score (nSPS) is 36.5. The minimum absolute atomic E-state index is 0.0204. The van der Waals surface area contributed by atoms with Crippen LogP contribution in [0.4, 0.5) is 17.6 Å². The Hall–Kier alpha value is -0.320. The van der Waals surface area contributed by atoms with Crippen LogP contribution in [0.2, 0.25) is 0 Å². The third-order valence-corrected chi connectivity index (χ3v) is 4.30. The molecule has 3 atom stereocenters. The summed E-state index contributed by atoms with van der Waals surface area (Å²) in [4.78, 5) is 0. The van der Waals surface area contributed by atoms with Gasteiger partial charge in [-0.3, -0.25) is 0 Å². The SMILES string of the molecule is CC.CNC1CC(F)(F)CCC1C1CCC(F)(F)C1. The summed E-state index contributed by atoms with van der Waals surface area (Å²) in [7, 11) is 1.65. The molecule has 5 heteroatoms. The first kappa shape index (κ1) is 16.7. The summed E-state index contributed by atoms with van der Waals surface area (Å²) in [5.41, 5.74) is 0. The molecule has 114 valence electrons. The first-order chi connectivity index (χ1) is 8.83. The third-order valence-electron chi connectivity index (χ3n) is 4.30. The predicted molar refractivity (Wildman–Crippen MR) is 68.8 cm³/mol. The van der Waals surface area contributed by atoms with Gasteiger partial charge in [0.2, 0.25) is 11.8 Å². The van der Waals surface area contributed by atoms with E-state index in [0.29, 0.717) is 12.8 Å². The molecular weight excluding hydrogens is 258 g/mol. The molecule has 0 amide bonds. The molecule has 0 aromatic heterocycles. The van der Waals surface area contributed by atoms with Crippen molar-refractivity contribution in [3.63, 3.8) is 0 Å². The number of hydrogen-bond acceptors (Lipinski definition) is 1. The predicted octanol–water partition coefficient (Wildman–Crippen LogP) is 4.47. The van der Waals surface area contributed by atoms with Gasteiger partial charge >= 0.3 is 0 Å². The van der Waals surface area contributed by atoms with Gasteiger partial charge in [-0.25, -0.2) is 17.6 Å². The smallest absolute Gasteiger partial charge is 0.249 e. The minimum atomic E-state index is -2.63. The molecule has 0 aromatic rings. The molecule has 2 fully saturated rings. The summed E-state index contributed by atoms with van der Waals surface area (Å²) in [6, 6.07) is -0.322. The van der Waals surface area contributed by atoms with Crippen molar-refractivity contribution < 1.29 is 17.6 Å². The van der Waals surface area contributed by atoms with Crippen molar-refractivity contribution in [3.05, 3.63) is 0 Å². The Kier molecular flexibility index (Phi) is 5.65. The highest BCUT2D eigenvalue weighted by Crippen LogP contribution is 2.48. The highest BCUT2D eigenvalue weighted by molar-refractivity contribution is 4.95. The molecule has 1 N–H and O–H groups in total. The average Bonchev–Trinajstić information content (AvgIpc) is 2.71. The van der Waals surface area contributed by atoms with Gasteiger partial charge in [-0.15, -0.1) is 0 Å². The molecule has 2 aliphatic carbocycles. The van der Waals surface area contributed by atoms with Crippen molar-refractivity contribution in [2.75, 3.05) is 7.05 Å². The van der Waals surface area contributed by atoms with Crippen LogP contribution in [-0.4, -0.2) is 24.9 Å². The Balaban J connectivity index is 0.000000861. The summed E-state index contributed by atoms with van der Waals surface area (Å²) in [6.45, 7) is 4.00. The molecule has 2 rings (SSSR count). The van der Waals surface area contributed by atoms with Crippen molar-refractivity contribution in [1.29, 1.82) is 0 Å². The second-order valence-electron chi connectivity index (χ2n) is 5.52. The number of alkyl halides is 4. The minimum Gasteiger partial charge on any atom is -0.316 e. The summed E-state index contributed by atoms with van der Waals surface area (Å²) in [6.07, 6.45) is 0.261. The second-order valence-corrected chi connectivity index (χ2v) is 5.52. The van der Waals surface area contributed by atoms with Gasteiger partial charge in [0.25, 0.3) is 0 Å². The van der Waals surface area contributed by atoms with Crippen LogP contribution in [0, 0.1) is 11.8 Å². The molecule has 3 unspecified atom stereocenters. The van der Waals surface area contributed by atoms with E-state index in [-0.39, 0.29) is 43.6 Å². The van der Waals surface area contributed by atoms with E-state index in [2.05, 4.69) is 5.32 Å². The van der Waals surface area contributed by atoms with Gasteiger partial charge < -0.3 is 5.32 Å². The zero-order chi connectivity index (χ0) is 14.7. The fraction of sp³-hybridized carbons (Fsp3) is 1.00. The topological polar surface area (TPSA) is 12.0 Å². The van der Waals surface area contributed by atoms with Crippen LogP contribution in [0.3, 0.4) is 0 Å². The van der Waals surface area contributed by atoms with Crippen molar-refractivity contribution >= 4 is 0 Å². The number of halogens is 4. The molecule has 0 saturated heterocycles. The number of hydrogen-bond donors (Lipinski definition) is 1. The summed E-state index contributed by atoms with van der Waals surface area (Å²) >= 11 is 0. The number of nitrogens with one attached hydrogen (secondary N) is 1. The molecule has 0 spiro atoms. The zero-order valence-electron chi connectivity index (χ0n) is 12.0. The molecule has 2 aliphatic rings. The van der Waals surface area contributed by atoms with Crippen LogP contribution >= 0.6 is 0 Å². The highest BCUT2D eigenvalue weighted by Gasteiger charge is 2.48. The largest absolute Gasteiger partial charge is 0.316 e. The van der Waals surface area contributed by atoms with Crippen LogP contribution in [0.15, 0.2) is 0 Å². The van der Waals surface area contributed by atoms with Gasteiger partial charge in [0.15, 0.2) is 0 Å². The average molecular weight is 283 g/mol. The van der Waals surface area contributed by atoms with Gasteiger partial charge in [-0.1, -0.05) is 13.8 Å². The van der Waals surface area contributed by atoms with Crippen molar-refractivity contribution in [2.24, 2.45) is 11.8 Å².